The van der Waals surface area contributed by atoms with Gasteiger partial charge in [0.25, 0.3) is 11.6 Å². The van der Waals surface area contributed by atoms with Gasteiger partial charge in [0.15, 0.2) is 0 Å². The second-order valence-electron chi connectivity index (χ2n) is 8.96. The molecule has 2 aliphatic heterocycles. The summed E-state index contributed by atoms with van der Waals surface area (Å²) in [6.07, 6.45) is 3.81. The standard InChI is InChI=1S/C24H26N4O3/c1-14-21-22(18-8-5-9-19(18)26-24(21)31-27-14)23(29)25-16-10-17-13-30-20(12-28(17)11-16)15-6-3-2-4-7-15/h2-4,6-7,16-17,20H,5,8-13H2,1H3,(H,25,29)/t16-,17-,20+/m0/s1. The highest BCUT2D eigenvalue weighted by Crippen LogP contribution is 2.33. The van der Waals surface area contributed by atoms with E-state index in [9.17, 15) is 4.79 Å². The van der Waals surface area contributed by atoms with Crippen LogP contribution in [-0.4, -0.2) is 52.7 Å². The highest BCUT2D eigenvalue weighted by Gasteiger charge is 2.39. The van der Waals surface area contributed by atoms with Gasteiger partial charge in [-0.05, 0) is 43.7 Å². The first-order valence-corrected chi connectivity index (χ1v) is 11.2. The fourth-order valence-electron chi connectivity index (χ4n) is 5.47. The summed E-state index contributed by atoms with van der Waals surface area (Å²) in [5.74, 6) is -0.0257. The highest BCUT2D eigenvalue weighted by molar-refractivity contribution is 6.07. The Balaban J connectivity index is 1.21. The number of hydrogen-bond acceptors (Lipinski definition) is 6. The molecule has 2 aromatic heterocycles. The van der Waals surface area contributed by atoms with E-state index in [1.54, 1.807) is 0 Å². The van der Waals surface area contributed by atoms with Gasteiger partial charge in [0, 0.05) is 30.9 Å². The van der Waals surface area contributed by atoms with E-state index in [0.717, 1.165) is 66.7 Å². The van der Waals surface area contributed by atoms with Crippen LogP contribution >= 0.6 is 0 Å². The Morgan fingerprint density at radius 1 is 1.19 bits per heavy atom. The number of nitrogens with zero attached hydrogens (tertiary/aromatic N) is 3. The summed E-state index contributed by atoms with van der Waals surface area (Å²) >= 11 is 0. The normalized spacial score (nSPS) is 25.5. The van der Waals surface area contributed by atoms with Crippen molar-refractivity contribution in [1.29, 1.82) is 0 Å². The van der Waals surface area contributed by atoms with Crippen molar-refractivity contribution in [3.8, 4) is 0 Å². The van der Waals surface area contributed by atoms with Gasteiger partial charge in [0.1, 0.15) is 0 Å². The average molecular weight is 418 g/mol. The van der Waals surface area contributed by atoms with E-state index >= 15 is 0 Å². The maximum absolute atomic E-state index is 13.5. The molecule has 1 N–H and O–H groups in total. The van der Waals surface area contributed by atoms with Crippen LogP contribution in [0.25, 0.3) is 11.1 Å². The van der Waals surface area contributed by atoms with Gasteiger partial charge in [-0.2, -0.15) is 0 Å². The largest absolute Gasteiger partial charge is 0.371 e. The minimum absolute atomic E-state index is 0.0257. The Bertz CT molecular complexity index is 1140. The Labute approximate surface area is 180 Å². The molecule has 0 saturated carbocycles. The zero-order valence-electron chi connectivity index (χ0n) is 17.6. The molecule has 4 heterocycles. The second kappa shape index (κ2) is 7.43. The molecule has 2 fully saturated rings. The number of fused-ring (bicyclic) bond motifs is 3. The predicted molar refractivity (Wildman–Crippen MR) is 115 cm³/mol. The number of nitrogens with one attached hydrogen (secondary N) is 1. The van der Waals surface area contributed by atoms with Crippen LogP contribution in [0.15, 0.2) is 34.9 Å². The molecule has 1 aliphatic carbocycles. The van der Waals surface area contributed by atoms with Crippen LogP contribution < -0.4 is 5.32 Å². The van der Waals surface area contributed by atoms with Crippen molar-refractivity contribution >= 4 is 17.0 Å². The van der Waals surface area contributed by atoms with Crippen LogP contribution in [0.4, 0.5) is 0 Å². The third-order valence-corrected chi connectivity index (χ3v) is 6.97. The molecule has 160 valence electrons. The van der Waals surface area contributed by atoms with E-state index in [1.807, 2.05) is 13.0 Å². The number of morpholine rings is 1. The quantitative estimate of drug-likeness (QED) is 0.704. The zero-order valence-corrected chi connectivity index (χ0v) is 17.6. The van der Waals surface area contributed by atoms with Crippen LogP contribution in [0.1, 0.15) is 51.8 Å². The van der Waals surface area contributed by atoms with Crippen molar-refractivity contribution in [3.63, 3.8) is 0 Å². The number of aryl methyl sites for hydroxylation is 2. The highest BCUT2D eigenvalue weighted by atomic mass is 16.5. The SMILES string of the molecule is Cc1noc2nc3c(c(C(=O)N[C@H]4C[C@H]5CO[C@@H](c6ccccc6)CN5C4)c12)CCC3. The molecule has 0 radical (unpaired) electrons. The summed E-state index contributed by atoms with van der Waals surface area (Å²) in [7, 11) is 0. The summed E-state index contributed by atoms with van der Waals surface area (Å²) in [5.41, 5.74) is 5.19. The number of amides is 1. The Kier molecular flexibility index (Phi) is 4.54. The van der Waals surface area contributed by atoms with E-state index in [0.29, 0.717) is 18.4 Å². The molecular formula is C24H26N4O3. The lowest BCUT2D eigenvalue weighted by Crippen LogP contribution is -2.43. The van der Waals surface area contributed by atoms with E-state index < -0.39 is 0 Å². The number of carbonyl (C=O) groups excluding carboxylic acids is 1. The van der Waals surface area contributed by atoms with Gasteiger partial charge in [-0.3, -0.25) is 9.69 Å². The minimum Gasteiger partial charge on any atom is -0.371 e. The first-order valence-electron chi connectivity index (χ1n) is 11.2. The summed E-state index contributed by atoms with van der Waals surface area (Å²) in [5, 5.41) is 8.14. The number of carbonyl (C=O) groups is 1. The number of hydrogen-bond donors (Lipinski definition) is 1. The van der Waals surface area contributed by atoms with Crippen LogP contribution in [0.3, 0.4) is 0 Å². The van der Waals surface area contributed by atoms with Crippen molar-refractivity contribution < 1.29 is 14.1 Å². The molecule has 3 atom stereocenters. The molecule has 0 spiro atoms. The van der Waals surface area contributed by atoms with Crippen molar-refractivity contribution in [2.75, 3.05) is 19.7 Å². The summed E-state index contributed by atoms with van der Waals surface area (Å²) in [4.78, 5) is 20.5. The first-order chi connectivity index (χ1) is 15.2. The zero-order chi connectivity index (χ0) is 20.9. The topological polar surface area (TPSA) is 80.5 Å². The number of benzene rings is 1. The smallest absolute Gasteiger partial charge is 0.259 e. The fourth-order valence-corrected chi connectivity index (χ4v) is 5.47. The molecule has 0 bridgehead atoms. The van der Waals surface area contributed by atoms with Crippen LogP contribution in [0.5, 0.6) is 0 Å². The van der Waals surface area contributed by atoms with E-state index in [2.05, 4.69) is 44.6 Å². The third-order valence-electron chi connectivity index (χ3n) is 6.97. The third kappa shape index (κ3) is 3.23. The average Bonchev–Trinajstić information content (AvgIpc) is 3.50. The number of ether oxygens (including phenoxy) is 1. The van der Waals surface area contributed by atoms with Gasteiger partial charge in [0.05, 0.1) is 29.4 Å². The number of aromatic nitrogens is 2. The molecular weight excluding hydrogens is 392 g/mol. The van der Waals surface area contributed by atoms with Gasteiger partial charge >= 0.3 is 0 Å². The lowest BCUT2D eigenvalue weighted by Gasteiger charge is -2.35. The van der Waals surface area contributed by atoms with E-state index in [-0.39, 0.29) is 18.1 Å². The Morgan fingerprint density at radius 3 is 2.94 bits per heavy atom. The maximum Gasteiger partial charge on any atom is 0.259 e. The van der Waals surface area contributed by atoms with Crippen LogP contribution in [0.2, 0.25) is 0 Å². The molecule has 31 heavy (non-hydrogen) atoms. The molecule has 3 aliphatic rings. The van der Waals surface area contributed by atoms with Crippen molar-refractivity contribution in [1.82, 2.24) is 20.4 Å². The Morgan fingerprint density at radius 2 is 2.06 bits per heavy atom. The van der Waals surface area contributed by atoms with Crippen LogP contribution in [0, 0.1) is 6.92 Å². The van der Waals surface area contributed by atoms with Crippen molar-refractivity contribution in [2.24, 2.45) is 0 Å². The predicted octanol–water partition coefficient (Wildman–Crippen LogP) is 2.96. The molecule has 7 heteroatoms. The van der Waals surface area contributed by atoms with Gasteiger partial charge < -0.3 is 14.6 Å². The molecule has 2 saturated heterocycles. The van der Waals surface area contributed by atoms with Gasteiger partial charge in [-0.15, -0.1) is 0 Å². The van der Waals surface area contributed by atoms with Crippen molar-refractivity contribution in [2.45, 2.75) is 50.8 Å². The van der Waals surface area contributed by atoms with Gasteiger partial charge in [-0.25, -0.2) is 4.98 Å². The summed E-state index contributed by atoms with van der Waals surface area (Å²) in [6, 6.07) is 10.8. The van der Waals surface area contributed by atoms with E-state index in [1.165, 1.54) is 5.56 Å². The summed E-state index contributed by atoms with van der Waals surface area (Å²) < 4.78 is 11.6. The van der Waals surface area contributed by atoms with Gasteiger partial charge in [0.2, 0.25) is 0 Å². The molecule has 3 aromatic rings. The van der Waals surface area contributed by atoms with E-state index in [4.69, 9.17) is 9.26 Å². The number of rotatable bonds is 3. The number of pyridine rings is 1. The molecule has 1 amide bonds. The molecule has 6 rings (SSSR count). The monoisotopic (exact) mass is 418 g/mol. The summed E-state index contributed by atoms with van der Waals surface area (Å²) in [6.45, 7) is 4.29. The fraction of sp³-hybridized carbons (Fsp3) is 0.458. The second-order valence-corrected chi connectivity index (χ2v) is 8.96. The first kappa shape index (κ1) is 19.0. The molecule has 1 aromatic carbocycles. The molecule has 0 unspecified atom stereocenters. The lowest BCUT2D eigenvalue weighted by molar-refractivity contribution is -0.0502. The van der Waals surface area contributed by atoms with Gasteiger partial charge in [-0.1, -0.05) is 35.5 Å². The lowest BCUT2D eigenvalue weighted by atomic mass is 10.0. The van der Waals surface area contributed by atoms with Crippen LogP contribution in [-0.2, 0) is 17.6 Å². The van der Waals surface area contributed by atoms with Crippen molar-refractivity contribution in [3.05, 3.63) is 58.4 Å². The maximum atomic E-state index is 13.5. The molecule has 7 nitrogen and oxygen atoms in total. The minimum atomic E-state index is -0.0257. The Hall–Kier alpha value is -2.77.